The van der Waals surface area contributed by atoms with E-state index in [0.29, 0.717) is 12.0 Å². The number of hydrazine groups is 1. The minimum Gasteiger partial charge on any atom is -0.289 e. The summed E-state index contributed by atoms with van der Waals surface area (Å²) in [6.45, 7) is 3.71. The lowest BCUT2D eigenvalue weighted by Gasteiger charge is -2.28. The summed E-state index contributed by atoms with van der Waals surface area (Å²) < 4.78 is 25.6. The average molecular weight is 489 g/mol. The number of hydrogen-bond donors (Lipinski definition) is 3. The van der Waals surface area contributed by atoms with Crippen LogP contribution in [0.1, 0.15) is 37.8 Å². The molecule has 0 bridgehead atoms. The van der Waals surface area contributed by atoms with Gasteiger partial charge in [-0.05, 0) is 42.0 Å². The normalized spacial score (nSPS) is 13.7. The van der Waals surface area contributed by atoms with E-state index in [1.165, 1.54) is 12.4 Å². The molecule has 0 aliphatic heterocycles. The van der Waals surface area contributed by atoms with Gasteiger partial charge in [0.15, 0.2) is 0 Å². The second-order valence-corrected chi connectivity index (χ2v) is 10.4. The number of nitrogens with one attached hydrogen (secondary N) is 2. The maximum Gasteiger partial charge on any atom is 0.247 e. The van der Waals surface area contributed by atoms with Gasteiger partial charge in [0.25, 0.3) is 0 Å². The van der Waals surface area contributed by atoms with Crippen LogP contribution in [0.3, 0.4) is 0 Å². The van der Waals surface area contributed by atoms with E-state index in [-0.39, 0.29) is 18.9 Å². The predicted octanol–water partition coefficient (Wildman–Crippen LogP) is 2.76. The van der Waals surface area contributed by atoms with E-state index in [1.54, 1.807) is 23.7 Å². The topological polar surface area (TPSA) is 129 Å². The third-order valence-electron chi connectivity index (χ3n) is 5.21. The van der Waals surface area contributed by atoms with E-state index in [9.17, 15) is 23.2 Å². The van der Waals surface area contributed by atoms with Crippen molar-refractivity contribution in [2.75, 3.05) is 6.26 Å². The number of sulfonamides is 1. The van der Waals surface area contributed by atoms with E-state index in [4.69, 9.17) is 0 Å². The molecule has 0 unspecified atom stereocenters. The molecule has 184 valence electrons. The first kappa shape index (κ1) is 27.2. The molecule has 10 heteroatoms. The van der Waals surface area contributed by atoms with Gasteiger partial charge in [0.1, 0.15) is 0 Å². The van der Waals surface area contributed by atoms with Gasteiger partial charge in [-0.1, -0.05) is 56.3 Å². The zero-order valence-corrected chi connectivity index (χ0v) is 20.4. The highest BCUT2D eigenvalue weighted by molar-refractivity contribution is 7.88. The molecule has 1 aromatic heterocycles. The molecule has 1 heterocycles. The van der Waals surface area contributed by atoms with Crippen LogP contribution in [0.25, 0.3) is 6.08 Å². The molecule has 34 heavy (non-hydrogen) atoms. The molecular formula is C24H32N4O5S. The number of rotatable bonds is 12. The number of nitrogens with zero attached hydrogens (tertiary/aromatic N) is 2. The molecule has 0 aliphatic rings. The minimum atomic E-state index is -3.81. The third kappa shape index (κ3) is 8.69. The van der Waals surface area contributed by atoms with Crippen LogP contribution < -0.4 is 10.9 Å². The zero-order valence-electron chi connectivity index (χ0n) is 19.6. The first-order chi connectivity index (χ1) is 16.1. The Kier molecular flexibility index (Phi) is 10.4. The van der Waals surface area contributed by atoms with Gasteiger partial charge in [0.2, 0.25) is 21.8 Å². The van der Waals surface area contributed by atoms with Gasteiger partial charge in [-0.25, -0.2) is 13.9 Å². The molecular weight excluding hydrogens is 456 g/mol. The van der Waals surface area contributed by atoms with Crippen LogP contribution in [-0.4, -0.2) is 41.1 Å². The number of hydroxylamine groups is 1. The van der Waals surface area contributed by atoms with E-state index in [0.717, 1.165) is 16.2 Å². The van der Waals surface area contributed by atoms with Gasteiger partial charge in [0.05, 0.1) is 24.6 Å². The van der Waals surface area contributed by atoms with Crippen LogP contribution in [0.15, 0.2) is 60.9 Å². The molecule has 3 N–H and O–H groups in total. The van der Waals surface area contributed by atoms with Crippen LogP contribution in [0, 0.1) is 17.8 Å². The van der Waals surface area contributed by atoms with Crippen molar-refractivity contribution in [1.82, 2.24) is 20.3 Å². The third-order valence-corrected chi connectivity index (χ3v) is 6.23. The van der Waals surface area contributed by atoms with Gasteiger partial charge >= 0.3 is 0 Å². The van der Waals surface area contributed by atoms with Crippen LogP contribution in [-0.2, 0) is 26.2 Å². The highest BCUT2D eigenvalue weighted by Crippen LogP contribution is 2.26. The number of hydrogen-bond acceptors (Lipinski definition) is 6. The van der Waals surface area contributed by atoms with Crippen LogP contribution in [0.2, 0.25) is 0 Å². The lowest BCUT2D eigenvalue weighted by molar-refractivity contribution is -0.142. The van der Waals surface area contributed by atoms with Crippen molar-refractivity contribution < 1.29 is 23.2 Å². The van der Waals surface area contributed by atoms with Gasteiger partial charge in [-0.2, -0.15) is 0 Å². The lowest BCUT2D eigenvalue weighted by atomic mass is 9.82. The first-order valence-corrected chi connectivity index (χ1v) is 12.8. The summed E-state index contributed by atoms with van der Waals surface area (Å²) in [7, 11) is -3.81. The Morgan fingerprint density at radius 1 is 1.06 bits per heavy atom. The molecule has 0 spiro atoms. The summed E-state index contributed by atoms with van der Waals surface area (Å²) in [6, 6.07) is 12.8. The fourth-order valence-corrected chi connectivity index (χ4v) is 4.15. The van der Waals surface area contributed by atoms with Crippen molar-refractivity contribution in [3.8, 4) is 0 Å². The SMILES string of the molecule is CC(C)C[C@@H](C(=O)NN(Cc1ccncc1)S(C)(=O)=O)[C@H](CC=Cc1ccccc1)C(=O)NO. The van der Waals surface area contributed by atoms with E-state index < -0.39 is 33.7 Å². The fraction of sp³-hybridized carbons (Fsp3) is 0.375. The molecule has 2 rings (SSSR count). The summed E-state index contributed by atoms with van der Waals surface area (Å²) in [5.74, 6) is -3.08. The predicted molar refractivity (Wildman–Crippen MR) is 129 cm³/mol. The highest BCUT2D eigenvalue weighted by atomic mass is 32.2. The molecule has 0 aliphatic carbocycles. The van der Waals surface area contributed by atoms with Gasteiger partial charge in [0, 0.05) is 12.4 Å². The summed E-state index contributed by atoms with van der Waals surface area (Å²) in [5.41, 5.74) is 5.70. The lowest BCUT2D eigenvalue weighted by Crippen LogP contribution is -2.50. The number of benzene rings is 1. The zero-order chi connectivity index (χ0) is 25.1. The standard InChI is InChI=1S/C24H32N4O5S/c1-18(2)16-22(21(24(30)27-31)11-7-10-19-8-5-4-6-9-19)23(29)26-28(34(3,32)33)17-20-12-14-25-15-13-20/h4-10,12-15,18,21-22,31H,11,16-17H2,1-3H3,(H,26,29)(H,27,30)/t21-,22+/m0/s1. The van der Waals surface area contributed by atoms with Crippen molar-refractivity contribution in [2.45, 2.75) is 33.2 Å². The van der Waals surface area contributed by atoms with E-state index >= 15 is 0 Å². The molecule has 0 saturated heterocycles. The Balaban J connectivity index is 2.28. The number of allylic oxidation sites excluding steroid dienone is 1. The number of amides is 2. The average Bonchev–Trinajstić information content (AvgIpc) is 2.80. The van der Waals surface area contributed by atoms with Gasteiger partial charge < -0.3 is 0 Å². The molecule has 2 atom stereocenters. The molecule has 0 fully saturated rings. The first-order valence-electron chi connectivity index (χ1n) is 10.9. The van der Waals surface area contributed by atoms with Crippen LogP contribution >= 0.6 is 0 Å². The summed E-state index contributed by atoms with van der Waals surface area (Å²) in [5, 5.41) is 9.32. The van der Waals surface area contributed by atoms with Crippen molar-refractivity contribution in [3.05, 3.63) is 72.1 Å². The van der Waals surface area contributed by atoms with Crippen molar-refractivity contribution in [1.29, 1.82) is 0 Å². The summed E-state index contributed by atoms with van der Waals surface area (Å²) >= 11 is 0. The second-order valence-electron chi connectivity index (χ2n) is 8.47. The number of carbonyl (C=O) groups excluding carboxylic acids is 2. The van der Waals surface area contributed by atoms with Crippen molar-refractivity contribution in [2.24, 2.45) is 17.8 Å². The monoisotopic (exact) mass is 488 g/mol. The van der Waals surface area contributed by atoms with Crippen molar-refractivity contribution >= 4 is 27.9 Å². The van der Waals surface area contributed by atoms with Crippen LogP contribution in [0.4, 0.5) is 0 Å². The Morgan fingerprint density at radius 2 is 1.71 bits per heavy atom. The fourth-order valence-electron chi connectivity index (χ4n) is 3.51. The minimum absolute atomic E-state index is 0.0368. The Morgan fingerprint density at radius 3 is 2.26 bits per heavy atom. The van der Waals surface area contributed by atoms with E-state index in [1.807, 2.05) is 50.3 Å². The Hall–Kier alpha value is -3.08. The molecule has 1 aromatic carbocycles. The molecule has 2 aromatic rings. The van der Waals surface area contributed by atoms with Crippen molar-refractivity contribution in [3.63, 3.8) is 0 Å². The smallest absolute Gasteiger partial charge is 0.247 e. The Bertz CT molecular complexity index is 1060. The maximum atomic E-state index is 13.3. The summed E-state index contributed by atoms with van der Waals surface area (Å²) in [6.07, 6.45) is 8.13. The molecule has 2 amide bonds. The van der Waals surface area contributed by atoms with Gasteiger partial charge in [-0.3, -0.25) is 25.2 Å². The molecule has 0 saturated carbocycles. The largest absolute Gasteiger partial charge is 0.289 e. The van der Waals surface area contributed by atoms with Crippen LogP contribution in [0.5, 0.6) is 0 Å². The number of carbonyl (C=O) groups is 2. The van der Waals surface area contributed by atoms with E-state index in [2.05, 4.69) is 10.4 Å². The second kappa shape index (κ2) is 13.0. The molecule has 0 radical (unpaired) electrons. The van der Waals surface area contributed by atoms with Gasteiger partial charge in [-0.15, -0.1) is 4.41 Å². The Labute approximate surface area is 200 Å². The number of pyridine rings is 1. The highest BCUT2D eigenvalue weighted by Gasteiger charge is 2.35. The quantitative estimate of drug-likeness (QED) is 0.311. The number of aromatic nitrogens is 1. The maximum absolute atomic E-state index is 13.3. The summed E-state index contributed by atoms with van der Waals surface area (Å²) in [4.78, 5) is 29.8. The molecule has 9 nitrogen and oxygen atoms in total.